The first-order chi connectivity index (χ1) is 11.2. The van der Waals surface area contributed by atoms with E-state index >= 15 is 0 Å². The molecule has 0 saturated carbocycles. The van der Waals surface area contributed by atoms with Crippen LogP contribution in [0.25, 0.3) is 0 Å². The van der Waals surface area contributed by atoms with Gasteiger partial charge in [-0.05, 0) is 49.9 Å². The molecule has 24 heavy (non-hydrogen) atoms. The SMILES string of the molecule is Cc1cc(C)c(C)c(S(=O)(=O)N2CCN(CC(O)CO)CC2)c1C. The van der Waals surface area contributed by atoms with E-state index in [2.05, 4.69) is 0 Å². The molecule has 1 aliphatic rings. The molecule has 1 heterocycles. The molecular weight excluding hydrogens is 328 g/mol. The van der Waals surface area contributed by atoms with E-state index in [9.17, 15) is 13.5 Å². The number of piperazine rings is 1. The zero-order valence-electron chi connectivity index (χ0n) is 14.9. The van der Waals surface area contributed by atoms with Crippen LogP contribution in [0.15, 0.2) is 11.0 Å². The van der Waals surface area contributed by atoms with Gasteiger partial charge in [0.05, 0.1) is 17.6 Å². The predicted molar refractivity (Wildman–Crippen MR) is 93.7 cm³/mol. The average Bonchev–Trinajstić information content (AvgIpc) is 2.53. The Bertz CT molecular complexity index is 669. The third-order valence-corrected chi connectivity index (χ3v) is 7.08. The van der Waals surface area contributed by atoms with Crippen molar-refractivity contribution in [1.82, 2.24) is 9.21 Å². The van der Waals surface area contributed by atoms with Crippen LogP contribution in [0.1, 0.15) is 22.3 Å². The maximum absolute atomic E-state index is 13.1. The molecule has 1 aromatic carbocycles. The normalized spacial score (nSPS) is 18.8. The number of aryl methyl sites for hydroxylation is 2. The molecule has 0 aliphatic carbocycles. The number of β-amino-alcohol motifs (C(OH)–C–C–N with tert-alkyl or cyclic N) is 1. The van der Waals surface area contributed by atoms with Crippen molar-refractivity contribution >= 4 is 10.0 Å². The molecule has 0 amide bonds. The Hall–Kier alpha value is -0.990. The fourth-order valence-electron chi connectivity index (χ4n) is 3.20. The van der Waals surface area contributed by atoms with Crippen LogP contribution in [0.3, 0.4) is 0 Å². The summed E-state index contributed by atoms with van der Waals surface area (Å²) in [6.07, 6.45) is -0.780. The monoisotopic (exact) mass is 356 g/mol. The van der Waals surface area contributed by atoms with E-state index in [-0.39, 0.29) is 6.61 Å². The van der Waals surface area contributed by atoms with Crippen molar-refractivity contribution in [2.75, 3.05) is 39.3 Å². The molecule has 7 heteroatoms. The first-order valence-electron chi connectivity index (χ1n) is 8.27. The molecule has 1 atom stereocenters. The van der Waals surface area contributed by atoms with Gasteiger partial charge < -0.3 is 10.2 Å². The van der Waals surface area contributed by atoms with Gasteiger partial charge >= 0.3 is 0 Å². The maximum Gasteiger partial charge on any atom is 0.243 e. The highest BCUT2D eigenvalue weighted by Gasteiger charge is 2.32. The lowest BCUT2D eigenvalue weighted by atomic mass is 10.0. The van der Waals surface area contributed by atoms with Gasteiger partial charge in [-0.1, -0.05) is 6.07 Å². The summed E-state index contributed by atoms with van der Waals surface area (Å²) >= 11 is 0. The van der Waals surface area contributed by atoms with Crippen LogP contribution >= 0.6 is 0 Å². The van der Waals surface area contributed by atoms with Crippen molar-refractivity contribution in [3.63, 3.8) is 0 Å². The molecule has 0 spiro atoms. The van der Waals surface area contributed by atoms with Crippen molar-refractivity contribution in [3.8, 4) is 0 Å². The highest BCUT2D eigenvalue weighted by molar-refractivity contribution is 7.89. The molecule has 2 N–H and O–H groups in total. The molecule has 1 unspecified atom stereocenters. The Balaban J connectivity index is 2.22. The summed E-state index contributed by atoms with van der Waals surface area (Å²) in [5.41, 5.74) is 3.61. The molecule has 0 bridgehead atoms. The molecule has 2 rings (SSSR count). The Morgan fingerprint density at radius 3 is 2.00 bits per heavy atom. The Labute approximate surface area is 144 Å². The highest BCUT2D eigenvalue weighted by Crippen LogP contribution is 2.29. The molecule has 1 aliphatic heterocycles. The van der Waals surface area contributed by atoms with Gasteiger partial charge in [0.25, 0.3) is 0 Å². The number of sulfonamides is 1. The second-order valence-electron chi connectivity index (χ2n) is 6.63. The smallest absolute Gasteiger partial charge is 0.243 e. The minimum Gasteiger partial charge on any atom is -0.394 e. The summed E-state index contributed by atoms with van der Waals surface area (Å²) in [6.45, 7) is 9.59. The van der Waals surface area contributed by atoms with Gasteiger partial charge in [0.2, 0.25) is 10.0 Å². The number of hydrogen-bond donors (Lipinski definition) is 2. The van der Waals surface area contributed by atoms with E-state index in [1.54, 1.807) is 0 Å². The van der Waals surface area contributed by atoms with Gasteiger partial charge in [0.1, 0.15) is 0 Å². The molecule has 1 saturated heterocycles. The van der Waals surface area contributed by atoms with Crippen molar-refractivity contribution in [2.45, 2.75) is 38.7 Å². The molecular formula is C17H28N2O4S. The Morgan fingerprint density at radius 1 is 1.04 bits per heavy atom. The van der Waals surface area contributed by atoms with E-state index in [4.69, 9.17) is 5.11 Å². The lowest BCUT2D eigenvalue weighted by molar-refractivity contribution is 0.0491. The van der Waals surface area contributed by atoms with Gasteiger partial charge in [0.15, 0.2) is 0 Å². The van der Waals surface area contributed by atoms with E-state index in [0.717, 1.165) is 22.3 Å². The molecule has 0 aromatic heterocycles. The summed E-state index contributed by atoms with van der Waals surface area (Å²) in [5.74, 6) is 0. The lowest BCUT2D eigenvalue weighted by Crippen LogP contribution is -2.50. The standard InChI is InChI=1S/C17H28N2O4S/c1-12-9-13(2)15(4)17(14(12)3)24(22,23)19-7-5-18(6-8-19)10-16(21)11-20/h9,16,20-21H,5-8,10-11H2,1-4H3. The quantitative estimate of drug-likeness (QED) is 0.807. The van der Waals surface area contributed by atoms with Gasteiger partial charge in [-0.25, -0.2) is 8.42 Å². The predicted octanol–water partition coefficient (Wildman–Crippen LogP) is 0.580. The number of aliphatic hydroxyl groups is 2. The van der Waals surface area contributed by atoms with Crippen molar-refractivity contribution in [1.29, 1.82) is 0 Å². The van der Waals surface area contributed by atoms with Crippen molar-refractivity contribution < 1.29 is 18.6 Å². The topological polar surface area (TPSA) is 81.1 Å². The zero-order valence-corrected chi connectivity index (χ0v) is 15.7. The van der Waals surface area contributed by atoms with E-state index < -0.39 is 16.1 Å². The number of aliphatic hydroxyl groups excluding tert-OH is 2. The third-order valence-electron chi connectivity index (χ3n) is 4.91. The number of rotatable bonds is 5. The Kier molecular flexibility index (Phi) is 6.04. The highest BCUT2D eigenvalue weighted by atomic mass is 32.2. The van der Waals surface area contributed by atoms with E-state index in [1.807, 2.05) is 38.7 Å². The molecule has 136 valence electrons. The summed E-state index contributed by atoms with van der Waals surface area (Å²) in [6, 6.07) is 2.03. The minimum atomic E-state index is -3.53. The maximum atomic E-state index is 13.1. The van der Waals surface area contributed by atoms with Crippen LogP contribution in [-0.4, -0.2) is 73.3 Å². The third kappa shape index (κ3) is 3.81. The molecule has 1 aromatic rings. The Morgan fingerprint density at radius 2 is 1.54 bits per heavy atom. The van der Waals surface area contributed by atoms with E-state index in [1.165, 1.54) is 4.31 Å². The lowest BCUT2D eigenvalue weighted by Gasteiger charge is -2.35. The van der Waals surface area contributed by atoms with Gasteiger partial charge in [-0.3, -0.25) is 4.90 Å². The summed E-state index contributed by atoms with van der Waals surface area (Å²) in [7, 11) is -3.53. The summed E-state index contributed by atoms with van der Waals surface area (Å²) in [4.78, 5) is 2.41. The second kappa shape index (κ2) is 7.49. The van der Waals surface area contributed by atoms with Gasteiger partial charge in [-0.15, -0.1) is 0 Å². The largest absolute Gasteiger partial charge is 0.394 e. The fourth-order valence-corrected chi connectivity index (χ4v) is 5.20. The average molecular weight is 356 g/mol. The van der Waals surface area contributed by atoms with Crippen LogP contribution in [0.4, 0.5) is 0 Å². The number of nitrogens with zero attached hydrogens (tertiary/aromatic N) is 2. The van der Waals surface area contributed by atoms with Crippen LogP contribution in [0.5, 0.6) is 0 Å². The van der Waals surface area contributed by atoms with Gasteiger partial charge in [-0.2, -0.15) is 4.31 Å². The van der Waals surface area contributed by atoms with E-state index in [0.29, 0.717) is 37.6 Å². The minimum absolute atomic E-state index is 0.278. The summed E-state index contributed by atoms with van der Waals surface area (Å²) in [5, 5.41) is 18.4. The molecule has 1 fully saturated rings. The van der Waals surface area contributed by atoms with Crippen LogP contribution in [-0.2, 0) is 10.0 Å². The number of hydrogen-bond acceptors (Lipinski definition) is 5. The number of benzene rings is 1. The first kappa shape index (κ1) is 19.3. The first-order valence-corrected chi connectivity index (χ1v) is 9.71. The fraction of sp³-hybridized carbons (Fsp3) is 0.647. The van der Waals surface area contributed by atoms with Crippen LogP contribution in [0.2, 0.25) is 0 Å². The molecule has 0 radical (unpaired) electrons. The summed E-state index contributed by atoms with van der Waals surface area (Å²) < 4.78 is 27.8. The van der Waals surface area contributed by atoms with Crippen molar-refractivity contribution in [2.24, 2.45) is 0 Å². The van der Waals surface area contributed by atoms with Crippen LogP contribution in [0, 0.1) is 27.7 Å². The second-order valence-corrected chi connectivity index (χ2v) is 8.51. The molecule has 6 nitrogen and oxygen atoms in total. The zero-order chi connectivity index (χ0) is 18.1. The van der Waals surface area contributed by atoms with Crippen LogP contribution < -0.4 is 0 Å². The van der Waals surface area contributed by atoms with Gasteiger partial charge in [0, 0.05) is 32.7 Å². The van der Waals surface area contributed by atoms with Crippen molar-refractivity contribution in [3.05, 3.63) is 28.3 Å².